The molecule has 31 heavy (non-hydrogen) atoms. The van der Waals surface area contributed by atoms with Crippen LogP contribution in [0, 0.1) is 5.92 Å². The predicted molar refractivity (Wildman–Crippen MR) is 122 cm³/mol. The van der Waals surface area contributed by atoms with Crippen molar-refractivity contribution >= 4 is 44.0 Å². The maximum atomic E-state index is 13.1. The smallest absolute Gasteiger partial charge is 0.243 e. The van der Waals surface area contributed by atoms with Crippen LogP contribution in [0.2, 0.25) is 5.02 Å². The Morgan fingerprint density at radius 1 is 1.03 bits per heavy atom. The van der Waals surface area contributed by atoms with Crippen LogP contribution in [0.25, 0.3) is 10.8 Å². The van der Waals surface area contributed by atoms with Crippen molar-refractivity contribution in [2.45, 2.75) is 17.7 Å². The highest BCUT2D eigenvalue weighted by Crippen LogP contribution is 2.30. The molecule has 3 aromatic rings. The van der Waals surface area contributed by atoms with Gasteiger partial charge in [-0.3, -0.25) is 4.79 Å². The number of benzene rings is 3. The second kappa shape index (κ2) is 8.86. The zero-order chi connectivity index (χ0) is 22.0. The van der Waals surface area contributed by atoms with E-state index in [4.69, 9.17) is 16.3 Å². The molecule has 0 unspecified atom stereocenters. The van der Waals surface area contributed by atoms with Crippen molar-refractivity contribution in [3.05, 3.63) is 65.7 Å². The van der Waals surface area contributed by atoms with E-state index >= 15 is 0 Å². The molecule has 0 spiro atoms. The van der Waals surface area contributed by atoms with Crippen molar-refractivity contribution in [3.8, 4) is 5.75 Å². The first-order valence-electron chi connectivity index (χ1n) is 10.0. The van der Waals surface area contributed by atoms with E-state index in [2.05, 4.69) is 5.32 Å². The molecule has 1 saturated heterocycles. The number of halogens is 1. The van der Waals surface area contributed by atoms with E-state index in [9.17, 15) is 13.2 Å². The summed E-state index contributed by atoms with van der Waals surface area (Å²) in [6, 6.07) is 17.8. The molecule has 0 bridgehead atoms. The molecule has 1 amide bonds. The Morgan fingerprint density at radius 3 is 2.45 bits per heavy atom. The molecule has 1 heterocycles. The molecule has 1 aliphatic heterocycles. The average Bonchev–Trinajstić information content (AvgIpc) is 2.79. The third-order valence-corrected chi connectivity index (χ3v) is 7.73. The van der Waals surface area contributed by atoms with Crippen LogP contribution < -0.4 is 10.1 Å². The standard InChI is InChI=1S/C23H23ClN2O4S/c1-30-22-9-7-19(24)15-21(22)25-23(27)17-10-12-26(13-11-17)31(28,29)20-8-6-16-4-2-3-5-18(16)14-20/h2-9,14-15,17H,10-13H2,1H3,(H,25,27). The lowest BCUT2D eigenvalue weighted by atomic mass is 9.97. The Bertz CT molecular complexity index is 1220. The van der Waals surface area contributed by atoms with Crippen LogP contribution >= 0.6 is 11.6 Å². The number of anilines is 1. The van der Waals surface area contributed by atoms with Gasteiger partial charge in [0.1, 0.15) is 5.75 Å². The number of fused-ring (bicyclic) bond motifs is 1. The molecule has 162 valence electrons. The summed E-state index contributed by atoms with van der Waals surface area (Å²) in [6.07, 6.45) is 0.892. The lowest BCUT2D eigenvalue weighted by Crippen LogP contribution is -2.41. The molecule has 3 aromatic carbocycles. The van der Waals surface area contributed by atoms with Gasteiger partial charge in [0.2, 0.25) is 15.9 Å². The van der Waals surface area contributed by atoms with Gasteiger partial charge < -0.3 is 10.1 Å². The van der Waals surface area contributed by atoms with E-state index in [0.717, 1.165) is 10.8 Å². The molecule has 1 N–H and O–H groups in total. The SMILES string of the molecule is COc1ccc(Cl)cc1NC(=O)C1CCN(S(=O)(=O)c2ccc3ccccc3c2)CC1. The van der Waals surface area contributed by atoms with Crippen LogP contribution in [0.3, 0.4) is 0 Å². The lowest BCUT2D eigenvalue weighted by Gasteiger charge is -2.30. The number of piperidine rings is 1. The summed E-state index contributed by atoms with van der Waals surface area (Å²) in [7, 11) is -2.09. The van der Waals surface area contributed by atoms with Gasteiger partial charge in [0, 0.05) is 24.0 Å². The fourth-order valence-electron chi connectivity index (χ4n) is 3.85. The zero-order valence-electron chi connectivity index (χ0n) is 17.0. The Balaban J connectivity index is 1.44. The Hall–Kier alpha value is -2.61. The van der Waals surface area contributed by atoms with Crippen LogP contribution in [0.4, 0.5) is 5.69 Å². The Morgan fingerprint density at radius 2 is 1.74 bits per heavy atom. The van der Waals surface area contributed by atoms with E-state index in [-0.39, 0.29) is 16.7 Å². The van der Waals surface area contributed by atoms with E-state index in [1.165, 1.54) is 11.4 Å². The lowest BCUT2D eigenvalue weighted by molar-refractivity contribution is -0.120. The van der Waals surface area contributed by atoms with Crippen LogP contribution in [-0.4, -0.2) is 38.8 Å². The molecule has 0 saturated carbocycles. The Labute approximate surface area is 186 Å². The Kier molecular flexibility index (Phi) is 6.18. The summed E-state index contributed by atoms with van der Waals surface area (Å²) in [4.78, 5) is 13.0. The normalized spacial score (nSPS) is 15.7. The van der Waals surface area contributed by atoms with Gasteiger partial charge in [-0.25, -0.2) is 8.42 Å². The zero-order valence-corrected chi connectivity index (χ0v) is 18.6. The highest BCUT2D eigenvalue weighted by molar-refractivity contribution is 7.89. The number of carbonyl (C=O) groups excluding carboxylic acids is 1. The first kappa shape index (κ1) is 21.6. The second-order valence-electron chi connectivity index (χ2n) is 7.52. The van der Waals surface area contributed by atoms with Crippen molar-refractivity contribution in [1.82, 2.24) is 4.31 Å². The third-order valence-electron chi connectivity index (χ3n) is 5.60. The van der Waals surface area contributed by atoms with Crippen molar-refractivity contribution in [3.63, 3.8) is 0 Å². The fourth-order valence-corrected chi connectivity index (χ4v) is 5.53. The number of ether oxygens (including phenoxy) is 1. The van der Waals surface area contributed by atoms with Crippen molar-refractivity contribution < 1.29 is 17.9 Å². The number of hydrogen-bond donors (Lipinski definition) is 1. The van der Waals surface area contributed by atoms with Gasteiger partial charge in [-0.15, -0.1) is 0 Å². The third kappa shape index (κ3) is 4.54. The van der Waals surface area contributed by atoms with Gasteiger partial charge in [0.05, 0.1) is 17.7 Å². The number of rotatable bonds is 5. The molecular formula is C23H23ClN2O4S. The minimum atomic E-state index is -3.61. The van der Waals surface area contributed by atoms with Gasteiger partial charge in [-0.1, -0.05) is 41.9 Å². The summed E-state index contributed by atoms with van der Waals surface area (Å²) >= 11 is 6.03. The van der Waals surface area contributed by atoms with Crippen molar-refractivity contribution in [1.29, 1.82) is 0 Å². The first-order chi connectivity index (χ1) is 14.9. The number of nitrogens with zero attached hydrogens (tertiary/aromatic N) is 1. The van der Waals surface area contributed by atoms with E-state index < -0.39 is 10.0 Å². The molecule has 6 nitrogen and oxygen atoms in total. The number of hydrogen-bond acceptors (Lipinski definition) is 4. The first-order valence-corrected chi connectivity index (χ1v) is 11.8. The van der Waals surface area contributed by atoms with Crippen LogP contribution in [-0.2, 0) is 14.8 Å². The maximum Gasteiger partial charge on any atom is 0.243 e. The molecule has 8 heteroatoms. The highest BCUT2D eigenvalue weighted by atomic mass is 35.5. The van der Waals surface area contributed by atoms with E-state index in [1.54, 1.807) is 30.3 Å². The van der Waals surface area contributed by atoms with Crippen molar-refractivity contribution in [2.24, 2.45) is 5.92 Å². The van der Waals surface area contributed by atoms with Gasteiger partial charge >= 0.3 is 0 Å². The fraction of sp³-hybridized carbons (Fsp3) is 0.261. The molecular weight excluding hydrogens is 436 g/mol. The second-order valence-corrected chi connectivity index (χ2v) is 9.90. The van der Waals surface area contributed by atoms with Gasteiger partial charge in [-0.2, -0.15) is 4.31 Å². The van der Waals surface area contributed by atoms with E-state index in [0.29, 0.717) is 42.4 Å². The van der Waals surface area contributed by atoms with Crippen molar-refractivity contribution in [2.75, 3.05) is 25.5 Å². The van der Waals surface area contributed by atoms with Gasteiger partial charge in [-0.05, 0) is 53.9 Å². The summed E-state index contributed by atoms with van der Waals surface area (Å²) in [6.45, 7) is 0.583. The predicted octanol–water partition coefficient (Wildman–Crippen LogP) is 4.54. The molecule has 0 aromatic heterocycles. The molecule has 4 rings (SSSR count). The monoisotopic (exact) mass is 458 g/mol. The molecule has 0 aliphatic carbocycles. The number of amides is 1. The summed E-state index contributed by atoms with van der Waals surface area (Å²) < 4.78 is 33.0. The number of sulfonamides is 1. The molecule has 1 fully saturated rings. The summed E-state index contributed by atoms with van der Waals surface area (Å²) in [5, 5.41) is 5.23. The van der Waals surface area contributed by atoms with E-state index in [1.807, 2.05) is 30.3 Å². The van der Waals surface area contributed by atoms with Crippen LogP contribution in [0.15, 0.2) is 65.6 Å². The topological polar surface area (TPSA) is 75.7 Å². The van der Waals surface area contributed by atoms with Crippen LogP contribution in [0.5, 0.6) is 5.75 Å². The number of carbonyl (C=O) groups is 1. The van der Waals surface area contributed by atoms with Crippen LogP contribution in [0.1, 0.15) is 12.8 Å². The molecule has 0 atom stereocenters. The summed E-state index contributed by atoms with van der Waals surface area (Å²) in [5.41, 5.74) is 0.506. The minimum absolute atomic E-state index is 0.164. The van der Waals surface area contributed by atoms with Gasteiger partial charge in [0.15, 0.2) is 0 Å². The number of nitrogens with one attached hydrogen (secondary N) is 1. The quantitative estimate of drug-likeness (QED) is 0.609. The maximum absolute atomic E-state index is 13.1. The minimum Gasteiger partial charge on any atom is -0.495 e. The summed E-state index contributed by atoms with van der Waals surface area (Å²) in [5.74, 6) is 0.0733. The number of methoxy groups -OCH3 is 1. The molecule has 0 radical (unpaired) electrons. The largest absolute Gasteiger partial charge is 0.495 e. The highest BCUT2D eigenvalue weighted by Gasteiger charge is 2.32. The van der Waals surface area contributed by atoms with Gasteiger partial charge in [0.25, 0.3) is 0 Å². The molecule has 1 aliphatic rings. The average molecular weight is 459 g/mol.